The summed E-state index contributed by atoms with van der Waals surface area (Å²) in [7, 11) is -3.92. The minimum atomic E-state index is -3.92. The lowest BCUT2D eigenvalue weighted by Gasteiger charge is -2.21. The zero-order valence-electron chi connectivity index (χ0n) is 19.2. The average molecular weight is 491 g/mol. The molecule has 5 rings (SSSR count). The summed E-state index contributed by atoms with van der Waals surface area (Å²) in [6.07, 6.45) is 5.03. The maximum atomic E-state index is 13.3. The van der Waals surface area contributed by atoms with Gasteiger partial charge in [0.1, 0.15) is 17.9 Å². The van der Waals surface area contributed by atoms with Gasteiger partial charge in [-0.15, -0.1) is 0 Å². The molecule has 0 amide bonds. The molecule has 0 spiro atoms. The van der Waals surface area contributed by atoms with Crippen LogP contribution in [0.4, 0.5) is 0 Å². The average Bonchev–Trinajstić information content (AvgIpc) is 3.55. The van der Waals surface area contributed by atoms with Crippen molar-refractivity contribution >= 4 is 26.8 Å². The van der Waals surface area contributed by atoms with Gasteiger partial charge in [0.05, 0.1) is 6.04 Å². The van der Waals surface area contributed by atoms with E-state index in [0.717, 1.165) is 16.9 Å². The zero-order valence-corrected chi connectivity index (χ0v) is 20.0. The summed E-state index contributed by atoms with van der Waals surface area (Å²) in [5.41, 5.74) is 2.51. The summed E-state index contributed by atoms with van der Waals surface area (Å²) in [5, 5.41) is 0.464. The number of fused-ring (bicyclic) bond motifs is 1. The van der Waals surface area contributed by atoms with Crippen molar-refractivity contribution in [3.05, 3.63) is 90.3 Å². The van der Waals surface area contributed by atoms with Crippen LogP contribution in [0.3, 0.4) is 0 Å². The van der Waals surface area contributed by atoms with E-state index in [1.807, 2.05) is 54.6 Å². The van der Waals surface area contributed by atoms with Crippen molar-refractivity contribution in [2.45, 2.75) is 43.4 Å². The van der Waals surface area contributed by atoms with Crippen LogP contribution in [-0.4, -0.2) is 36.1 Å². The first kappa shape index (κ1) is 23.3. The molecule has 0 aliphatic carbocycles. The highest BCUT2D eigenvalue weighted by Crippen LogP contribution is 2.30. The number of carbonyl (C=O) groups is 1. The van der Waals surface area contributed by atoms with Crippen LogP contribution in [0.5, 0.6) is 5.75 Å². The first-order valence-corrected chi connectivity index (χ1v) is 13.1. The lowest BCUT2D eigenvalue weighted by molar-refractivity contribution is -0.122. The van der Waals surface area contributed by atoms with E-state index in [-0.39, 0.29) is 17.3 Å². The van der Waals surface area contributed by atoms with Crippen LogP contribution >= 0.6 is 0 Å². The second-order valence-corrected chi connectivity index (χ2v) is 10.5. The normalized spacial score (nSPS) is 16.5. The van der Waals surface area contributed by atoms with Crippen LogP contribution in [-0.2, 0) is 27.8 Å². The Labute approximate surface area is 204 Å². The van der Waals surface area contributed by atoms with E-state index in [2.05, 4.69) is 4.98 Å². The molecule has 1 aliphatic heterocycles. The molecule has 1 saturated heterocycles. The molecular formula is C27H26N2O5S. The van der Waals surface area contributed by atoms with E-state index in [0.29, 0.717) is 43.4 Å². The van der Waals surface area contributed by atoms with E-state index in [9.17, 15) is 13.2 Å². The van der Waals surface area contributed by atoms with Crippen molar-refractivity contribution in [1.82, 2.24) is 9.29 Å². The number of furan rings is 1. The third kappa shape index (κ3) is 5.13. The Kier molecular flexibility index (Phi) is 6.66. The topological polar surface area (TPSA) is 89.7 Å². The van der Waals surface area contributed by atoms with E-state index < -0.39 is 16.1 Å². The van der Waals surface area contributed by atoms with Crippen LogP contribution in [0.15, 0.2) is 88.6 Å². The predicted molar refractivity (Wildman–Crippen MR) is 131 cm³/mol. The molecule has 0 unspecified atom stereocenters. The van der Waals surface area contributed by atoms with E-state index in [4.69, 9.17) is 9.15 Å². The first-order chi connectivity index (χ1) is 17.0. The molecule has 7 nitrogen and oxygen atoms in total. The monoisotopic (exact) mass is 490 g/mol. The van der Waals surface area contributed by atoms with Gasteiger partial charge in [-0.25, -0.2) is 8.42 Å². The number of ether oxygens (including phenoxy) is 1. The number of ketones is 1. The molecule has 2 aromatic heterocycles. The molecule has 0 bridgehead atoms. The smallest absolute Gasteiger partial charge is 0.277 e. The maximum absolute atomic E-state index is 13.3. The third-order valence-electron chi connectivity index (χ3n) is 6.24. The number of pyridine rings is 1. The highest BCUT2D eigenvalue weighted by Gasteiger charge is 2.40. The summed E-state index contributed by atoms with van der Waals surface area (Å²) in [6, 6.07) is 20.0. The van der Waals surface area contributed by atoms with Gasteiger partial charge in [-0.1, -0.05) is 42.5 Å². The van der Waals surface area contributed by atoms with Crippen LogP contribution in [0, 0.1) is 0 Å². The number of Topliss-reactive ketones (excluding diaryl/α,β-unsaturated/α-hetero) is 1. The number of nitrogens with zero attached hydrogens (tertiary/aromatic N) is 2. The van der Waals surface area contributed by atoms with Crippen LogP contribution in [0.25, 0.3) is 11.0 Å². The summed E-state index contributed by atoms with van der Waals surface area (Å²) in [5.74, 6) is 0.655. The quantitative estimate of drug-likeness (QED) is 0.336. The van der Waals surface area contributed by atoms with Gasteiger partial charge in [-0.05, 0) is 48.6 Å². The molecule has 0 saturated carbocycles. The Morgan fingerprint density at radius 1 is 1.06 bits per heavy atom. The Hall–Kier alpha value is -3.49. The molecule has 1 aliphatic rings. The van der Waals surface area contributed by atoms with Gasteiger partial charge in [-0.2, -0.15) is 4.31 Å². The van der Waals surface area contributed by atoms with Gasteiger partial charge in [0.15, 0.2) is 5.78 Å². The Balaban J connectivity index is 1.23. The second-order valence-electron chi connectivity index (χ2n) is 8.64. The van der Waals surface area contributed by atoms with Gasteiger partial charge >= 0.3 is 0 Å². The SMILES string of the molecule is O=C(CCc1cccc(OCc2ccccc2)c1)[C@@H]1CCCN1S(=O)(=O)c1cc2cnccc2o1. The van der Waals surface area contributed by atoms with Gasteiger partial charge in [0, 0.05) is 36.8 Å². The second kappa shape index (κ2) is 10.0. The van der Waals surface area contributed by atoms with Crippen LogP contribution < -0.4 is 4.74 Å². The van der Waals surface area contributed by atoms with Crippen molar-refractivity contribution in [2.75, 3.05) is 6.54 Å². The lowest BCUT2D eigenvalue weighted by Crippen LogP contribution is -2.40. The highest BCUT2D eigenvalue weighted by atomic mass is 32.2. The number of hydrogen-bond donors (Lipinski definition) is 0. The van der Waals surface area contributed by atoms with E-state index in [1.54, 1.807) is 18.5 Å². The predicted octanol–water partition coefficient (Wildman–Crippen LogP) is 4.76. The maximum Gasteiger partial charge on any atom is 0.277 e. The summed E-state index contributed by atoms with van der Waals surface area (Å²) in [6.45, 7) is 0.771. The standard InChI is InChI=1S/C27H26N2O5S/c30-25(12-11-20-8-4-9-23(16-20)33-19-21-6-2-1-3-7-21)24-10-5-15-29(24)35(31,32)27-17-22-18-28-14-13-26(22)34-27/h1-4,6-9,13-14,16-18,24H,5,10-12,15,19H2/t24-/m0/s1. The fraction of sp³-hybridized carbons (Fsp3) is 0.259. The number of hydrogen-bond acceptors (Lipinski definition) is 6. The molecule has 2 aromatic carbocycles. The largest absolute Gasteiger partial charge is 0.489 e. The van der Waals surface area contributed by atoms with Gasteiger partial charge in [0.25, 0.3) is 10.0 Å². The number of benzene rings is 2. The molecule has 4 aromatic rings. The first-order valence-electron chi connectivity index (χ1n) is 11.6. The molecule has 8 heteroatoms. The molecule has 0 N–H and O–H groups in total. The molecule has 1 atom stereocenters. The Morgan fingerprint density at radius 2 is 1.89 bits per heavy atom. The number of carbonyl (C=O) groups excluding carboxylic acids is 1. The number of aryl methyl sites for hydroxylation is 1. The van der Waals surface area contributed by atoms with Crippen LogP contribution in [0.1, 0.15) is 30.4 Å². The number of rotatable bonds is 9. The highest BCUT2D eigenvalue weighted by molar-refractivity contribution is 7.89. The van der Waals surface area contributed by atoms with Gasteiger partial charge in [-0.3, -0.25) is 9.78 Å². The summed E-state index contributed by atoms with van der Waals surface area (Å²) in [4.78, 5) is 17.1. The van der Waals surface area contributed by atoms with Crippen molar-refractivity contribution in [3.63, 3.8) is 0 Å². The van der Waals surface area contributed by atoms with Crippen molar-refractivity contribution in [2.24, 2.45) is 0 Å². The Bertz CT molecular complexity index is 1400. The van der Waals surface area contributed by atoms with Crippen molar-refractivity contribution < 1.29 is 22.4 Å². The molecule has 180 valence electrons. The minimum Gasteiger partial charge on any atom is -0.489 e. The summed E-state index contributed by atoms with van der Waals surface area (Å²) < 4.78 is 39.3. The molecule has 1 fully saturated rings. The van der Waals surface area contributed by atoms with Crippen LogP contribution in [0.2, 0.25) is 0 Å². The number of sulfonamides is 1. The summed E-state index contributed by atoms with van der Waals surface area (Å²) >= 11 is 0. The number of aromatic nitrogens is 1. The minimum absolute atomic E-state index is 0.0838. The van der Waals surface area contributed by atoms with Gasteiger partial charge in [0.2, 0.25) is 5.09 Å². The molecule has 3 heterocycles. The fourth-order valence-corrected chi connectivity index (χ4v) is 6.05. The zero-order chi connectivity index (χ0) is 24.3. The lowest BCUT2D eigenvalue weighted by atomic mass is 10.0. The van der Waals surface area contributed by atoms with Crippen molar-refractivity contribution in [1.29, 1.82) is 0 Å². The van der Waals surface area contributed by atoms with Crippen molar-refractivity contribution in [3.8, 4) is 5.75 Å². The van der Waals surface area contributed by atoms with Gasteiger partial charge < -0.3 is 9.15 Å². The molecule has 0 radical (unpaired) electrons. The molecule has 35 heavy (non-hydrogen) atoms. The van der Waals surface area contributed by atoms with E-state index >= 15 is 0 Å². The molecular weight excluding hydrogens is 464 g/mol. The van der Waals surface area contributed by atoms with E-state index in [1.165, 1.54) is 10.4 Å². The third-order valence-corrected chi connectivity index (χ3v) is 8.00. The fourth-order valence-electron chi connectivity index (χ4n) is 4.42. The Morgan fingerprint density at radius 3 is 2.71 bits per heavy atom.